The van der Waals surface area contributed by atoms with Crippen LogP contribution in [0.1, 0.15) is 59.7 Å². The number of hydrogen-bond acceptors (Lipinski definition) is 5. The number of pyridine rings is 1. The van der Waals surface area contributed by atoms with E-state index in [1.165, 1.54) is 10.8 Å². The van der Waals surface area contributed by atoms with Crippen LogP contribution in [0.25, 0.3) is 5.52 Å². The summed E-state index contributed by atoms with van der Waals surface area (Å²) in [4.78, 5) is 30.8. The van der Waals surface area contributed by atoms with Crippen molar-refractivity contribution in [2.24, 2.45) is 0 Å². The SMILES string of the molecule is CCN(c1cc(Cl)cc(C(=O)NCc2c(C)cc3ccon3c2=O)c1C)[C@H]1CC[C@H](N(C)C)CC1. The lowest BCUT2D eigenvalue weighted by Crippen LogP contribution is -2.42. The summed E-state index contributed by atoms with van der Waals surface area (Å²) >= 11 is 6.51. The number of anilines is 1. The standard InChI is InChI=1S/C27H35ClN4O3/c1-6-31(21-9-7-20(8-10-21)30(4)5)25-15-19(28)14-23(18(25)3)26(33)29-16-24-17(2)13-22-11-12-35-32(22)27(24)34/h11-15,20-21H,6-10,16H2,1-5H3,(H,29,33)/t20-,21-. The van der Waals surface area contributed by atoms with E-state index < -0.39 is 0 Å². The van der Waals surface area contributed by atoms with Gasteiger partial charge in [0.25, 0.3) is 11.5 Å². The zero-order chi connectivity index (χ0) is 25.3. The molecule has 8 heteroatoms. The fourth-order valence-electron chi connectivity index (χ4n) is 5.35. The Hall–Kier alpha value is -2.77. The molecule has 1 aliphatic carbocycles. The van der Waals surface area contributed by atoms with Crippen LogP contribution in [0, 0.1) is 13.8 Å². The van der Waals surface area contributed by atoms with Crippen LogP contribution < -0.4 is 15.8 Å². The van der Waals surface area contributed by atoms with E-state index in [1.807, 2.05) is 26.0 Å². The van der Waals surface area contributed by atoms with Gasteiger partial charge in [0.15, 0.2) is 0 Å². The molecule has 1 fully saturated rings. The molecule has 0 aliphatic heterocycles. The molecule has 188 valence electrons. The maximum atomic E-state index is 13.3. The smallest absolute Gasteiger partial charge is 0.289 e. The van der Waals surface area contributed by atoms with E-state index in [0.29, 0.717) is 33.7 Å². The lowest BCUT2D eigenvalue weighted by Gasteiger charge is -2.40. The molecule has 2 aromatic heterocycles. The minimum absolute atomic E-state index is 0.112. The minimum Gasteiger partial charge on any atom is -0.379 e. The second-order valence-corrected chi connectivity index (χ2v) is 10.2. The summed E-state index contributed by atoms with van der Waals surface area (Å²) in [7, 11) is 4.30. The van der Waals surface area contributed by atoms with Gasteiger partial charge in [0.2, 0.25) is 0 Å². The Balaban J connectivity index is 1.55. The summed E-state index contributed by atoms with van der Waals surface area (Å²) in [5, 5.41) is 3.46. The summed E-state index contributed by atoms with van der Waals surface area (Å²) in [5.41, 5.74) is 4.18. The Morgan fingerprint density at radius 2 is 1.83 bits per heavy atom. The molecule has 3 aromatic rings. The third kappa shape index (κ3) is 5.11. The highest BCUT2D eigenvalue weighted by atomic mass is 35.5. The summed E-state index contributed by atoms with van der Waals surface area (Å²) in [6.45, 7) is 6.95. The predicted octanol–water partition coefficient (Wildman–Crippen LogP) is 4.79. The van der Waals surface area contributed by atoms with E-state index in [9.17, 15) is 9.59 Å². The lowest BCUT2D eigenvalue weighted by molar-refractivity contribution is 0.0950. The van der Waals surface area contributed by atoms with Crippen molar-refractivity contribution in [1.82, 2.24) is 14.8 Å². The molecule has 0 bridgehead atoms. The molecular formula is C27H35ClN4O3. The van der Waals surface area contributed by atoms with Crippen molar-refractivity contribution in [2.45, 2.75) is 65.1 Å². The van der Waals surface area contributed by atoms with Crippen molar-refractivity contribution in [3.8, 4) is 0 Å². The van der Waals surface area contributed by atoms with E-state index in [2.05, 4.69) is 36.1 Å². The highest BCUT2D eigenvalue weighted by Crippen LogP contribution is 2.34. The topological polar surface area (TPSA) is 70.2 Å². The molecule has 0 spiro atoms. The molecule has 1 saturated carbocycles. The van der Waals surface area contributed by atoms with Crippen LogP contribution in [0.2, 0.25) is 5.02 Å². The number of aryl methyl sites for hydroxylation is 1. The van der Waals surface area contributed by atoms with Gasteiger partial charge in [0.1, 0.15) is 6.26 Å². The second-order valence-electron chi connectivity index (χ2n) is 9.73. The van der Waals surface area contributed by atoms with E-state index in [1.54, 1.807) is 12.1 Å². The molecule has 35 heavy (non-hydrogen) atoms. The van der Waals surface area contributed by atoms with Crippen molar-refractivity contribution >= 4 is 28.7 Å². The average Bonchev–Trinajstić information content (AvgIpc) is 3.30. The van der Waals surface area contributed by atoms with Gasteiger partial charge < -0.3 is 19.6 Å². The van der Waals surface area contributed by atoms with Crippen LogP contribution in [-0.2, 0) is 6.54 Å². The van der Waals surface area contributed by atoms with Crippen LogP contribution in [0.4, 0.5) is 5.69 Å². The number of hydrogen-bond donors (Lipinski definition) is 1. The molecule has 1 aromatic carbocycles. The van der Waals surface area contributed by atoms with Crippen molar-refractivity contribution in [3.63, 3.8) is 0 Å². The molecular weight excluding hydrogens is 464 g/mol. The number of carbonyl (C=O) groups excluding carboxylic acids is 1. The Labute approximate surface area is 211 Å². The van der Waals surface area contributed by atoms with Gasteiger partial charge in [-0.15, -0.1) is 4.57 Å². The quantitative estimate of drug-likeness (QED) is 0.507. The van der Waals surface area contributed by atoms with Crippen LogP contribution in [-0.4, -0.2) is 48.1 Å². The Kier molecular flexibility index (Phi) is 7.57. The van der Waals surface area contributed by atoms with E-state index >= 15 is 0 Å². The first-order valence-electron chi connectivity index (χ1n) is 12.3. The fraction of sp³-hybridized carbons (Fsp3) is 0.481. The molecule has 7 nitrogen and oxygen atoms in total. The Morgan fingerprint density at radius 1 is 1.14 bits per heavy atom. The number of amides is 1. The first-order valence-corrected chi connectivity index (χ1v) is 12.7. The fourth-order valence-corrected chi connectivity index (χ4v) is 5.56. The molecule has 4 rings (SSSR count). The highest BCUT2D eigenvalue weighted by molar-refractivity contribution is 6.31. The molecule has 1 amide bonds. The van der Waals surface area contributed by atoms with Crippen molar-refractivity contribution in [1.29, 1.82) is 0 Å². The van der Waals surface area contributed by atoms with Crippen LogP contribution in [0.3, 0.4) is 0 Å². The van der Waals surface area contributed by atoms with Crippen LogP contribution in [0.15, 0.2) is 39.8 Å². The Morgan fingerprint density at radius 3 is 2.49 bits per heavy atom. The minimum atomic E-state index is -0.265. The zero-order valence-electron chi connectivity index (χ0n) is 21.2. The van der Waals surface area contributed by atoms with Gasteiger partial charge in [0.05, 0.1) is 5.52 Å². The molecule has 0 unspecified atom stereocenters. The molecule has 2 heterocycles. The Bertz CT molecular complexity index is 1270. The van der Waals surface area contributed by atoms with Crippen molar-refractivity contribution in [2.75, 3.05) is 25.5 Å². The maximum absolute atomic E-state index is 13.3. The molecule has 1 N–H and O–H groups in total. The van der Waals surface area contributed by atoms with Crippen molar-refractivity contribution < 1.29 is 9.32 Å². The number of nitrogens with zero attached hydrogens (tertiary/aromatic N) is 3. The number of benzene rings is 1. The number of fused-ring (bicyclic) bond motifs is 1. The van der Waals surface area contributed by atoms with Crippen molar-refractivity contribution in [3.05, 3.63) is 68.2 Å². The number of aromatic nitrogens is 1. The monoisotopic (exact) mass is 498 g/mol. The molecule has 1 aliphatic rings. The van der Waals surface area contributed by atoms with Gasteiger partial charge in [-0.05, 0) is 89.9 Å². The zero-order valence-corrected chi connectivity index (χ0v) is 22.0. The van der Waals surface area contributed by atoms with Crippen LogP contribution in [0.5, 0.6) is 0 Å². The summed E-state index contributed by atoms with van der Waals surface area (Å²) in [5.74, 6) is -0.248. The van der Waals surface area contributed by atoms with Crippen LogP contribution >= 0.6 is 11.6 Å². The van der Waals surface area contributed by atoms with Gasteiger partial charge in [-0.2, -0.15) is 0 Å². The van der Waals surface area contributed by atoms with E-state index in [-0.39, 0.29) is 18.0 Å². The number of rotatable bonds is 7. The predicted molar refractivity (Wildman–Crippen MR) is 141 cm³/mol. The third-order valence-corrected chi connectivity index (χ3v) is 7.64. The summed E-state index contributed by atoms with van der Waals surface area (Å²) in [6, 6.07) is 8.34. The largest absolute Gasteiger partial charge is 0.379 e. The lowest BCUT2D eigenvalue weighted by atomic mass is 9.89. The van der Waals surface area contributed by atoms with E-state index in [0.717, 1.165) is 49.0 Å². The summed E-state index contributed by atoms with van der Waals surface area (Å²) < 4.78 is 6.51. The number of nitrogens with one attached hydrogen (secondary N) is 1. The first-order chi connectivity index (χ1) is 16.7. The van der Waals surface area contributed by atoms with Gasteiger partial charge in [-0.3, -0.25) is 9.59 Å². The molecule has 0 atom stereocenters. The maximum Gasteiger partial charge on any atom is 0.289 e. The average molecular weight is 499 g/mol. The number of halogens is 1. The number of carbonyl (C=O) groups is 1. The molecule has 0 radical (unpaired) electrons. The van der Waals surface area contributed by atoms with Gasteiger partial charge in [0, 0.05) is 53.1 Å². The third-order valence-electron chi connectivity index (χ3n) is 7.43. The van der Waals surface area contributed by atoms with Gasteiger partial charge in [-0.25, -0.2) is 0 Å². The highest BCUT2D eigenvalue weighted by Gasteiger charge is 2.28. The first kappa shape index (κ1) is 25.3. The van der Waals surface area contributed by atoms with Gasteiger partial charge in [-0.1, -0.05) is 11.6 Å². The van der Waals surface area contributed by atoms with E-state index in [4.69, 9.17) is 16.1 Å². The molecule has 0 saturated heterocycles. The van der Waals surface area contributed by atoms with Gasteiger partial charge >= 0.3 is 0 Å². The second kappa shape index (κ2) is 10.5. The normalized spacial score (nSPS) is 18.3. The summed E-state index contributed by atoms with van der Waals surface area (Å²) in [6.07, 6.45) is 6.03.